The molecule has 2 N–H and O–H groups in total. The van der Waals surface area contributed by atoms with Gasteiger partial charge in [-0.3, -0.25) is 4.72 Å². The van der Waals surface area contributed by atoms with Gasteiger partial charge in [-0.25, -0.2) is 8.42 Å². The van der Waals surface area contributed by atoms with Crippen LogP contribution < -0.4 is 4.72 Å². The third-order valence-corrected chi connectivity index (χ3v) is 3.80. The third-order valence-electron chi connectivity index (χ3n) is 2.42. The lowest BCUT2D eigenvalue weighted by molar-refractivity contribution is 0.475. The standard InChI is InChI=1S/C13H13NO3S/c1-10-3-2-4-13(9-10)18(16,17)14-11-5-7-12(15)8-6-11/h2-9,14-15H,1H3. The number of benzene rings is 2. The number of rotatable bonds is 3. The predicted octanol–water partition coefficient (Wildman–Crippen LogP) is 2.50. The lowest BCUT2D eigenvalue weighted by atomic mass is 10.2. The van der Waals surface area contributed by atoms with Crippen LogP contribution >= 0.6 is 0 Å². The number of aryl methyl sites for hydroxylation is 1. The topological polar surface area (TPSA) is 66.4 Å². The molecule has 0 aliphatic heterocycles. The molecule has 0 saturated heterocycles. The Morgan fingerprint density at radius 1 is 1.06 bits per heavy atom. The van der Waals surface area contributed by atoms with E-state index in [2.05, 4.69) is 4.72 Å². The Labute approximate surface area is 106 Å². The number of anilines is 1. The highest BCUT2D eigenvalue weighted by molar-refractivity contribution is 7.92. The average Bonchev–Trinajstić information content (AvgIpc) is 2.32. The SMILES string of the molecule is Cc1cccc(S(=O)(=O)Nc2ccc(O)cc2)c1. The molecule has 18 heavy (non-hydrogen) atoms. The molecule has 2 rings (SSSR count). The monoisotopic (exact) mass is 263 g/mol. The first-order chi connectivity index (χ1) is 8.47. The lowest BCUT2D eigenvalue weighted by Gasteiger charge is -2.08. The second-order valence-corrected chi connectivity index (χ2v) is 5.65. The van der Waals surface area contributed by atoms with E-state index in [1.165, 1.54) is 30.3 Å². The molecule has 0 amide bonds. The second-order valence-electron chi connectivity index (χ2n) is 3.97. The van der Waals surface area contributed by atoms with Gasteiger partial charge in [-0.2, -0.15) is 0 Å². The zero-order chi connectivity index (χ0) is 13.2. The van der Waals surface area contributed by atoms with Gasteiger partial charge >= 0.3 is 0 Å². The van der Waals surface area contributed by atoms with Crippen LogP contribution in [0.25, 0.3) is 0 Å². The van der Waals surface area contributed by atoms with E-state index in [0.717, 1.165) is 5.56 Å². The zero-order valence-electron chi connectivity index (χ0n) is 9.79. The van der Waals surface area contributed by atoms with Crippen LogP contribution in [-0.2, 0) is 10.0 Å². The average molecular weight is 263 g/mol. The number of aromatic hydroxyl groups is 1. The first-order valence-electron chi connectivity index (χ1n) is 5.36. The second kappa shape index (κ2) is 4.70. The van der Waals surface area contributed by atoms with Crippen LogP contribution in [-0.4, -0.2) is 13.5 Å². The molecule has 0 spiro atoms. The van der Waals surface area contributed by atoms with Crippen LogP contribution in [0, 0.1) is 6.92 Å². The molecule has 0 fully saturated rings. The molecule has 2 aromatic rings. The van der Waals surface area contributed by atoms with Gasteiger partial charge in [0.1, 0.15) is 5.75 Å². The lowest BCUT2D eigenvalue weighted by Crippen LogP contribution is -2.12. The maximum atomic E-state index is 12.1. The Balaban J connectivity index is 2.30. The molecule has 0 radical (unpaired) electrons. The van der Waals surface area contributed by atoms with Gasteiger partial charge < -0.3 is 5.11 Å². The molecule has 0 aromatic heterocycles. The largest absolute Gasteiger partial charge is 0.508 e. The van der Waals surface area contributed by atoms with Gasteiger partial charge in [-0.1, -0.05) is 12.1 Å². The van der Waals surface area contributed by atoms with E-state index in [1.807, 2.05) is 13.0 Å². The van der Waals surface area contributed by atoms with Crippen molar-refractivity contribution in [1.29, 1.82) is 0 Å². The first kappa shape index (κ1) is 12.4. The van der Waals surface area contributed by atoms with Gasteiger partial charge in [0.05, 0.1) is 4.90 Å². The highest BCUT2D eigenvalue weighted by atomic mass is 32.2. The summed E-state index contributed by atoms with van der Waals surface area (Å²) in [6.45, 7) is 1.83. The van der Waals surface area contributed by atoms with E-state index in [0.29, 0.717) is 5.69 Å². The molecule has 5 heteroatoms. The van der Waals surface area contributed by atoms with Crippen molar-refractivity contribution >= 4 is 15.7 Å². The summed E-state index contributed by atoms with van der Waals surface area (Å²) in [5.74, 6) is 0.0912. The normalized spacial score (nSPS) is 11.2. The number of phenols is 1. The maximum Gasteiger partial charge on any atom is 0.261 e. The summed E-state index contributed by atoms with van der Waals surface area (Å²) in [7, 11) is -3.58. The van der Waals surface area contributed by atoms with E-state index in [9.17, 15) is 8.42 Å². The van der Waals surface area contributed by atoms with E-state index >= 15 is 0 Å². The van der Waals surface area contributed by atoms with E-state index < -0.39 is 10.0 Å². The predicted molar refractivity (Wildman–Crippen MR) is 70.1 cm³/mol. The Bertz CT molecular complexity index is 648. The van der Waals surface area contributed by atoms with Gasteiger partial charge in [0.25, 0.3) is 10.0 Å². The molecule has 0 saturated carbocycles. The van der Waals surface area contributed by atoms with Crippen molar-refractivity contribution < 1.29 is 13.5 Å². The number of hydrogen-bond donors (Lipinski definition) is 2. The van der Waals surface area contributed by atoms with Gasteiger partial charge in [-0.05, 0) is 48.9 Å². The Hall–Kier alpha value is -2.01. The third kappa shape index (κ3) is 2.81. The molecular weight excluding hydrogens is 250 g/mol. The Kier molecular flexibility index (Phi) is 3.25. The molecule has 0 aliphatic rings. The highest BCUT2D eigenvalue weighted by Crippen LogP contribution is 2.19. The van der Waals surface area contributed by atoms with Crippen LogP contribution in [0.5, 0.6) is 5.75 Å². The van der Waals surface area contributed by atoms with Crippen molar-refractivity contribution in [3.63, 3.8) is 0 Å². The van der Waals surface area contributed by atoms with Gasteiger partial charge in [0.15, 0.2) is 0 Å². The molecule has 4 nitrogen and oxygen atoms in total. The summed E-state index contributed by atoms with van der Waals surface area (Å²) < 4.78 is 26.6. The van der Waals surface area contributed by atoms with Gasteiger partial charge in [-0.15, -0.1) is 0 Å². The van der Waals surface area contributed by atoms with Crippen molar-refractivity contribution in [2.45, 2.75) is 11.8 Å². The number of nitrogens with one attached hydrogen (secondary N) is 1. The summed E-state index contributed by atoms with van der Waals surface area (Å²) in [6.07, 6.45) is 0. The van der Waals surface area contributed by atoms with E-state index in [1.54, 1.807) is 12.1 Å². The van der Waals surface area contributed by atoms with Crippen molar-refractivity contribution in [2.24, 2.45) is 0 Å². The summed E-state index contributed by atoms with van der Waals surface area (Å²) in [4.78, 5) is 0.218. The number of phenolic OH excluding ortho intramolecular Hbond substituents is 1. The minimum absolute atomic E-state index is 0.0912. The number of sulfonamides is 1. The quantitative estimate of drug-likeness (QED) is 0.836. The Morgan fingerprint density at radius 3 is 2.33 bits per heavy atom. The smallest absolute Gasteiger partial charge is 0.261 e. The molecule has 0 heterocycles. The van der Waals surface area contributed by atoms with Crippen molar-refractivity contribution in [3.05, 3.63) is 54.1 Å². The van der Waals surface area contributed by atoms with Gasteiger partial charge in [0, 0.05) is 5.69 Å². The van der Waals surface area contributed by atoms with Crippen LogP contribution in [0.2, 0.25) is 0 Å². The fourth-order valence-electron chi connectivity index (χ4n) is 1.53. The molecule has 0 aliphatic carbocycles. The van der Waals surface area contributed by atoms with Crippen LogP contribution in [0.3, 0.4) is 0 Å². The summed E-state index contributed by atoms with van der Waals surface area (Å²) in [5.41, 5.74) is 1.29. The van der Waals surface area contributed by atoms with Crippen LogP contribution in [0.15, 0.2) is 53.4 Å². The maximum absolute atomic E-state index is 12.1. The molecule has 0 bridgehead atoms. The zero-order valence-corrected chi connectivity index (χ0v) is 10.6. The summed E-state index contributed by atoms with van der Waals surface area (Å²) >= 11 is 0. The molecule has 94 valence electrons. The minimum atomic E-state index is -3.58. The molecule has 0 unspecified atom stereocenters. The summed E-state index contributed by atoms with van der Waals surface area (Å²) in [5, 5.41) is 9.13. The van der Waals surface area contributed by atoms with Gasteiger partial charge in [0.2, 0.25) is 0 Å². The Morgan fingerprint density at radius 2 is 1.72 bits per heavy atom. The first-order valence-corrected chi connectivity index (χ1v) is 6.84. The molecule has 0 atom stereocenters. The fourth-order valence-corrected chi connectivity index (χ4v) is 2.69. The van der Waals surface area contributed by atoms with Crippen LogP contribution in [0.4, 0.5) is 5.69 Å². The van der Waals surface area contributed by atoms with Crippen molar-refractivity contribution in [3.8, 4) is 5.75 Å². The molecular formula is C13H13NO3S. The van der Waals surface area contributed by atoms with E-state index in [-0.39, 0.29) is 10.6 Å². The minimum Gasteiger partial charge on any atom is -0.508 e. The summed E-state index contributed by atoms with van der Waals surface area (Å²) in [6, 6.07) is 12.5. The number of hydrogen-bond acceptors (Lipinski definition) is 3. The molecule has 2 aromatic carbocycles. The van der Waals surface area contributed by atoms with Crippen molar-refractivity contribution in [1.82, 2.24) is 0 Å². The van der Waals surface area contributed by atoms with E-state index in [4.69, 9.17) is 5.11 Å². The van der Waals surface area contributed by atoms with Crippen molar-refractivity contribution in [2.75, 3.05) is 4.72 Å². The highest BCUT2D eigenvalue weighted by Gasteiger charge is 2.13. The fraction of sp³-hybridized carbons (Fsp3) is 0.0769. The van der Waals surface area contributed by atoms with Crippen LogP contribution in [0.1, 0.15) is 5.56 Å².